The molecule has 0 fully saturated rings. The van der Waals surface area contributed by atoms with Gasteiger partial charge in [-0.3, -0.25) is 4.79 Å². The topological polar surface area (TPSA) is 48.0 Å². The molecule has 0 radical (unpaired) electrons. The SMILES string of the molecule is CCCn1c2c(c3cccc(C(N)=O)c31)CCCC2C. The summed E-state index contributed by atoms with van der Waals surface area (Å²) in [6.07, 6.45) is 4.66. The first-order valence-electron chi connectivity index (χ1n) is 7.59. The van der Waals surface area contributed by atoms with Crippen LogP contribution in [0.1, 0.15) is 60.6 Å². The molecule has 0 saturated heterocycles. The normalized spacial score (nSPS) is 18.2. The van der Waals surface area contributed by atoms with Gasteiger partial charge in [0.25, 0.3) is 5.91 Å². The number of amides is 1. The maximum atomic E-state index is 11.8. The summed E-state index contributed by atoms with van der Waals surface area (Å²) in [5.74, 6) is 0.244. The third-order valence-electron chi connectivity index (χ3n) is 4.47. The van der Waals surface area contributed by atoms with Gasteiger partial charge in [-0.25, -0.2) is 0 Å². The molecule has 0 saturated carbocycles. The highest BCUT2D eigenvalue weighted by molar-refractivity contribution is 6.06. The number of fused-ring (bicyclic) bond motifs is 3. The fraction of sp³-hybridized carbons (Fsp3) is 0.471. The minimum atomic E-state index is -0.324. The number of nitrogens with two attached hydrogens (primary N) is 1. The Morgan fingerprint density at radius 1 is 1.45 bits per heavy atom. The predicted octanol–water partition coefficient (Wildman–Crippen LogP) is 3.59. The molecule has 20 heavy (non-hydrogen) atoms. The molecular formula is C17H22N2O. The number of nitrogens with zero attached hydrogens (tertiary/aromatic N) is 1. The van der Waals surface area contributed by atoms with E-state index in [1.54, 1.807) is 0 Å². The third kappa shape index (κ3) is 1.84. The largest absolute Gasteiger partial charge is 0.366 e. The Labute approximate surface area is 119 Å². The van der Waals surface area contributed by atoms with Crippen molar-refractivity contribution in [3.63, 3.8) is 0 Å². The molecule has 1 heterocycles. The second-order valence-electron chi connectivity index (χ2n) is 5.87. The van der Waals surface area contributed by atoms with E-state index in [9.17, 15) is 4.79 Å². The zero-order chi connectivity index (χ0) is 14.3. The summed E-state index contributed by atoms with van der Waals surface area (Å²) in [7, 11) is 0. The summed E-state index contributed by atoms with van der Waals surface area (Å²) in [5.41, 5.74) is 10.2. The number of hydrogen-bond donors (Lipinski definition) is 1. The Hall–Kier alpha value is -1.77. The molecule has 1 aromatic heterocycles. The van der Waals surface area contributed by atoms with Crippen LogP contribution < -0.4 is 5.73 Å². The van der Waals surface area contributed by atoms with Crippen LogP contribution in [0.15, 0.2) is 18.2 Å². The Morgan fingerprint density at radius 3 is 2.95 bits per heavy atom. The van der Waals surface area contributed by atoms with E-state index < -0.39 is 0 Å². The quantitative estimate of drug-likeness (QED) is 0.910. The van der Waals surface area contributed by atoms with Gasteiger partial charge >= 0.3 is 0 Å². The van der Waals surface area contributed by atoms with Crippen LogP contribution >= 0.6 is 0 Å². The van der Waals surface area contributed by atoms with Crippen molar-refractivity contribution < 1.29 is 4.79 Å². The molecule has 0 spiro atoms. The number of rotatable bonds is 3. The monoisotopic (exact) mass is 270 g/mol. The number of carbonyl (C=O) groups is 1. The lowest BCUT2D eigenvalue weighted by atomic mass is 9.88. The Balaban J connectivity index is 2.39. The maximum absolute atomic E-state index is 11.8. The van der Waals surface area contributed by atoms with Gasteiger partial charge in [0.1, 0.15) is 0 Å². The fourth-order valence-electron chi connectivity index (χ4n) is 3.70. The van der Waals surface area contributed by atoms with Gasteiger partial charge in [0.15, 0.2) is 0 Å². The van der Waals surface area contributed by atoms with Crippen LogP contribution in [0.25, 0.3) is 10.9 Å². The molecule has 3 heteroatoms. The van der Waals surface area contributed by atoms with E-state index in [1.165, 1.54) is 29.5 Å². The molecule has 2 N–H and O–H groups in total. The van der Waals surface area contributed by atoms with Gasteiger partial charge in [-0.1, -0.05) is 26.0 Å². The van der Waals surface area contributed by atoms with Gasteiger partial charge in [-0.2, -0.15) is 0 Å². The van der Waals surface area contributed by atoms with E-state index in [-0.39, 0.29) is 5.91 Å². The molecule has 0 bridgehead atoms. The average molecular weight is 270 g/mol. The second kappa shape index (κ2) is 4.97. The molecule has 1 unspecified atom stereocenters. The molecule has 1 aliphatic carbocycles. The summed E-state index contributed by atoms with van der Waals surface area (Å²) < 4.78 is 2.36. The molecular weight excluding hydrogens is 248 g/mol. The molecule has 1 aromatic carbocycles. The van der Waals surface area contributed by atoms with E-state index in [2.05, 4.69) is 24.5 Å². The number of aryl methyl sites for hydroxylation is 2. The van der Waals surface area contributed by atoms with Crippen molar-refractivity contribution in [3.8, 4) is 0 Å². The van der Waals surface area contributed by atoms with Crippen LogP contribution in [0, 0.1) is 0 Å². The third-order valence-corrected chi connectivity index (χ3v) is 4.47. The van der Waals surface area contributed by atoms with Gasteiger partial charge in [-0.05, 0) is 43.2 Å². The Bertz CT molecular complexity index is 669. The Kier molecular flexibility index (Phi) is 3.28. The molecule has 1 amide bonds. The first-order valence-corrected chi connectivity index (χ1v) is 7.59. The van der Waals surface area contributed by atoms with Gasteiger partial charge in [0, 0.05) is 17.6 Å². The number of para-hydroxylation sites is 1. The highest BCUT2D eigenvalue weighted by atomic mass is 16.1. The fourth-order valence-corrected chi connectivity index (χ4v) is 3.70. The molecule has 3 rings (SSSR count). The van der Waals surface area contributed by atoms with Gasteiger partial charge in [0.2, 0.25) is 0 Å². The zero-order valence-electron chi connectivity index (χ0n) is 12.3. The van der Waals surface area contributed by atoms with Crippen molar-refractivity contribution in [2.24, 2.45) is 5.73 Å². The number of benzene rings is 1. The molecule has 3 nitrogen and oxygen atoms in total. The van der Waals surface area contributed by atoms with Crippen LogP contribution in [0.3, 0.4) is 0 Å². The lowest BCUT2D eigenvalue weighted by Gasteiger charge is -2.22. The van der Waals surface area contributed by atoms with Gasteiger partial charge < -0.3 is 10.3 Å². The smallest absolute Gasteiger partial charge is 0.250 e. The number of carbonyl (C=O) groups excluding carboxylic acids is 1. The summed E-state index contributed by atoms with van der Waals surface area (Å²) in [6.45, 7) is 5.44. The van der Waals surface area contributed by atoms with Gasteiger partial charge in [-0.15, -0.1) is 0 Å². The van der Waals surface area contributed by atoms with Crippen LogP contribution in [0.4, 0.5) is 0 Å². The van der Waals surface area contributed by atoms with Crippen molar-refractivity contribution in [1.29, 1.82) is 0 Å². The van der Waals surface area contributed by atoms with Crippen molar-refractivity contribution in [3.05, 3.63) is 35.0 Å². The number of hydrogen-bond acceptors (Lipinski definition) is 1. The molecule has 1 atom stereocenters. The first kappa shape index (κ1) is 13.2. The lowest BCUT2D eigenvalue weighted by Crippen LogP contribution is -2.15. The number of aromatic nitrogens is 1. The van der Waals surface area contributed by atoms with E-state index in [0.717, 1.165) is 24.9 Å². The minimum absolute atomic E-state index is 0.324. The highest BCUT2D eigenvalue weighted by Crippen LogP contribution is 2.39. The zero-order valence-corrected chi connectivity index (χ0v) is 12.3. The lowest BCUT2D eigenvalue weighted by molar-refractivity contribution is 0.100. The predicted molar refractivity (Wildman–Crippen MR) is 82.1 cm³/mol. The molecule has 2 aromatic rings. The second-order valence-corrected chi connectivity index (χ2v) is 5.87. The summed E-state index contributed by atoms with van der Waals surface area (Å²) >= 11 is 0. The van der Waals surface area contributed by atoms with Crippen LogP contribution in [0.5, 0.6) is 0 Å². The van der Waals surface area contributed by atoms with Crippen LogP contribution in [0.2, 0.25) is 0 Å². The van der Waals surface area contributed by atoms with E-state index in [1.807, 2.05) is 12.1 Å². The van der Waals surface area contributed by atoms with Crippen molar-refractivity contribution >= 4 is 16.8 Å². The van der Waals surface area contributed by atoms with Crippen LogP contribution in [-0.2, 0) is 13.0 Å². The van der Waals surface area contributed by atoms with Gasteiger partial charge in [0.05, 0.1) is 11.1 Å². The van der Waals surface area contributed by atoms with E-state index >= 15 is 0 Å². The molecule has 0 aliphatic heterocycles. The maximum Gasteiger partial charge on any atom is 0.250 e. The minimum Gasteiger partial charge on any atom is -0.366 e. The summed E-state index contributed by atoms with van der Waals surface area (Å²) in [5, 5.41) is 1.23. The Morgan fingerprint density at radius 2 is 2.25 bits per heavy atom. The van der Waals surface area contributed by atoms with Crippen molar-refractivity contribution in [2.45, 2.75) is 52.0 Å². The standard InChI is InChI=1S/C17H22N2O/c1-3-10-19-15-11(2)6-4-7-12(15)13-8-5-9-14(16(13)19)17(18)20/h5,8-9,11H,3-4,6-7,10H2,1-2H3,(H2,18,20). The van der Waals surface area contributed by atoms with Crippen LogP contribution in [-0.4, -0.2) is 10.5 Å². The van der Waals surface area contributed by atoms with Crippen molar-refractivity contribution in [1.82, 2.24) is 4.57 Å². The first-order chi connectivity index (χ1) is 9.65. The summed E-state index contributed by atoms with van der Waals surface area (Å²) in [4.78, 5) is 11.8. The average Bonchev–Trinajstić information content (AvgIpc) is 2.75. The molecule has 1 aliphatic rings. The van der Waals surface area contributed by atoms with E-state index in [0.29, 0.717) is 11.5 Å². The molecule has 106 valence electrons. The summed E-state index contributed by atoms with van der Waals surface area (Å²) in [6, 6.07) is 5.95. The van der Waals surface area contributed by atoms with Crippen molar-refractivity contribution in [2.75, 3.05) is 0 Å². The van der Waals surface area contributed by atoms with E-state index in [4.69, 9.17) is 5.73 Å². The highest BCUT2D eigenvalue weighted by Gasteiger charge is 2.26. The number of primary amides is 1.